The van der Waals surface area contributed by atoms with E-state index < -0.39 is 68.2 Å². The van der Waals surface area contributed by atoms with Crippen molar-refractivity contribution in [2.45, 2.75) is 136 Å². The maximum Gasteiger partial charge on any atom is 0.315 e. The van der Waals surface area contributed by atoms with Gasteiger partial charge in [-0.3, -0.25) is 23.7 Å². The number of ketones is 1. The van der Waals surface area contributed by atoms with Crippen molar-refractivity contribution in [1.29, 1.82) is 0 Å². The van der Waals surface area contributed by atoms with Crippen LogP contribution in [0.2, 0.25) is 0 Å². The zero-order chi connectivity index (χ0) is 39.6. The molecule has 1 spiro atoms. The Morgan fingerprint density at radius 2 is 1.66 bits per heavy atom. The van der Waals surface area contributed by atoms with E-state index in [4.69, 9.17) is 0 Å². The number of Topliss-reactive ketones (excluding diaryl/α,β-unsaturated/α-hetero) is 1. The minimum atomic E-state index is -4.08. The van der Waals surface area contributed by atoms with Crippen molar-refractivity contribution in [3.8, 4) is 0 Å². The summed E-state index contributed by atoms with van der Waals surface area (Å²) >= 11 is 0. The number of likely N-dealkylation sites (tertiary alicyclic amines) is 1. The summed E-state index contributed by atoms with van der Waals surface area (Å²) < 4.78 is 25.0. The van der Waals surface area contributed by atoms with Crippen LogP contribution < -0.4 is 21.3 Å². The Bertz CT molecular complexity index is 1470. The number of carbonyl (C=O) groups excluding carboxylic acids is 5. The van der Waals surface area contributed by atoms with E-state index in [0.29, 0.717) is 19.4 Å². The number of rotatable bonds is 16. The van der Waals surface area contributed by atoms with Crippen molar-refractivity contribution in [2.24, 2.45) is 28.1 Å². The van der Waals surface area contributed by atoms with Gasteiger partial charge in [0, 0.05) is 45.2 Å². The zero-order valence-corrected chi connectivity index (χ0v) is 34.4. The molecule has 1 aliphatic heterocycles. The van der Waals surface area contributed by atoms with Crippen molar-refractivity contribution in [2.75, 3.05) is 39.2 Å². The van der Waals surface area contributed by atoms with E-state index in [9.17, 15) is 27.9 Å². The largest absolute Gasteiger partial charge is 0.346 e. The number of amides is 5. The minimum Gasteiger partial charge on any atom is -0.346 e. The number of nitrogens with zero attached hydrogens (tertiary/aromatic N) is 2. The molecule has 13 nitrogen and oxygen atoms in total. The Morgan fingerprint density at radius 3 is 2.21 bits per heavy atom. The summed E-state index contributed by atoms with van der Waals surface area (Å²) in [5, 5.41) is 11.6. The number of urea groups is 1. The van der Waals surface area contributed by atoms with Crippen LogP contribution >= 0.6 is 0 Å². The average molecular weight is 765 g/mol. The number of carbonyl (C=O) groups is 5. The van der Waals surface area contributed by atoms with E-state index in [1.54, 1.807) is 11.9 Å². The molecule has 3 aliphatic carbocycles. The molecule has 0 radical (unpaired) electrons. The van der Waals surface area contributed by atoms with Crippen molar-refractivity contribution in [3.05, 3.63) is 12.7 Å². The van der Waals surface area contributed by atoms with E-state index in [0.717, 1.165) is 64.2 Å². The van der Waals surface area contributed by atoms with Gasteiger partial charge in [-0.15, -0.1) is 16.1 Å². The van der Waals surface area contributed by atoms with Crippen LogP contribution in [0.25, 0.3) is 0 Å². The van der Waals surface area contributed by atoms with Gasteiger partial charge in [0.05, 0.1) is 6.04 Å². The number of fused-ring (bicyclic) bond motifs is 2. The zero-order valence-electron chi connectivity index (χ0n) is 33.6. The summed E-state index contributed by atoms with van der Waals surface area (Å²) in [6.07, 6.45) is 14.0. The number of nitrogens with one attached hydrogen (secondary N) is 4. The van der Waals surface area contributed by atoms with Gasteiger partial charge in [-0.1, -0.05) is 72.8 Å². The number of hydrogen-bond acceptors (Lipinski definition) is 6. The molecular formula is C39H68N6O7S. The predicted octanol–water partition coefficient (Wildman–Crippen LogP) is 4.00. The highest BCUT2D eigenvalue weighted by atomic mass is 32.3. The molecule has 4 aliphatic rings. The van der Waals surface area contributed by atoms with Gasteiger partial charge in [-0.2, -0.15) is 4.21 Å². The molecule has 1 saturated heterocycles. The fourth-order valence-corrected chi connectivity index (χ4v) is 9.51. The van der Waals surface area contributed by atoms with Gasteiger partial charge in [0.15, 0.2) is 0 Å². The molecule has 4 rings (SSSR count). The lowest BCUT2D eigenvalue weighted by Crippen LogP contribution is -2.63. The molecule has 3 saturated carbocycles. The second-order valence-corrected chi connectivity index (χ2v) is 22.4. The van der Waals surface area contributed by atoms with Crippen LogP contribution in [-0.4, -0.2) is 111 Å². The van der Waals surface area contributed by atoms with Gasteiger partial charge in [-0.25, -0.2) is 9.10 Å². The molecule has 5 amide bonds. The van der Waals surface area contributed by atoms with Crippen LogP contribution in [0, 0.1) is 28.1 Å². The molecule has 302 valence electrons. The highest BCUT2D eigenvalue weighted by molar-refractivity contribution is 8.11. The molecule has 6 atom stereocenters. The fraction of sp³-hybridized carbons (Fsp3) is 0.821. The van der Waals surface area contributed by atoms with Gasteiger partial charge < -0.3 is 26.2 Å². The molecule has 4 fully saturated rings. The molecule has 1 heterocycles. The first-order valence-electron chi connectivity index (χ1n) is 19.7. The van der Waals surface area contributed by atoms with Crippen molar-refractivity contribution < 1.29 is 32.7 Å². The summed E-state index contributed by atoms with van der Waals surface area (Å²) in [4.78, 5) is 71.3. The summed E-state index contributed by atoms with van der Waals surface area (Å²) in [5.41, 5.74) is -0.951. The second-order valence-electron chi connectivity index (χ2n) is 18.4. The molecular weight excluding hydrogens is 697 g/mol. The molecule has 0 aromatic carbocycles. The Morgan fingerprint density at radius 1 is 1.02 bits per heavy atom. The van der Waals surface area contributed by atoms with Crippen molar-refractivity contribution in [3.63, 3.8) is 0 Å². The minimum absolute atomic E-state index is 0.0862. The molecule has 53 heavy (non-hydrogen) atoms. The smallest absolute Gasteiger partial charge is 0.315 e. The second kappa shape index (κ2) is 16.1. The van der Waals surface area contributed by atoms with Crippen LogP contribution in [0.1, 0.15) is 112 Å². The summed E-state index contributed by atoms with van der Waals surface area (Å²) in [6, 6.07) is -3.88. The lowest BCUT2D eigenvalue weighted by Gasteiger charge is -2.46. The van der Waals surface area contributed by atoms with Gasteiger partial charge in [0.1, 0.15) is 12.1 Å². The first-order valence-corrected chi connectivity index (χ1v) is 22.4. The fourth-order valence-electron chi connectivity index (χ4n) is 8.93. The Hall–Kier alpha value is -2.84. The van der Waals surface area contributed by atoms with Gasteiger partial charge >= 0.3 is 6.03 Å². The van der Waals surface area contributed by atoms with E-state index in [-0.39, 0.29) is 36.2 Å². The lowest BCUT2D eigenvalue weighted by molar-refractivity contribution is -0.145. The quantitative estimate of drug-likeness (QED) is 0.117. The maximum absolute atomic E-state index is 15.1. The first-order chi connectivity index (χ1) is 24.5. The Labute approximate surface area is 317 Å². The van der Waals surface area contributed by atoms with E-state index in [1.165, 1.54) is 22.9 Å². The summed E-state index contributed by atoms with van der Waals surface area (Å²) in [5.74, 6) is -2.18. The molecule has 0 bridgehead atoms. The van der Waals surface area contributed by atoms with Crippen molar-refractivity contribution >= 4 is 39.1 Å². The molecule has 1 unspecified atom stereocenters. The van der Waals surface area contributed by atoms with Gasteiger partial charge in [0.2, 0.25) is 17.6 Å². The molecule has 14 heteroatoms. The number of hydrogen-bond donors (Lipinski definition) is 5. The van der Waals surface area contributed by atoms with E-state index >= 15 is 4.79 Å². The van der Waals surface area contributed by atoms with Crippen LogP contribution in [0.5, 0.6) is 0 Å². The summed E-state index contributed by atoms with van der Waals surface area (Å²) in [6.45, 7) is 14.1. The Balaban J connectivity index is 1.64. The monoisotopic (exact) mass is 764 g/mol. The molecule has 0 aromatic heterocycles. The predicted molar refractivity (Wildman–Crippen MR) is 208 cm³/mol. The first kappa shape index (κ1) is 42.9. The van der Waals surface area contributed by atoms with Crippen molar-refractivity contribution in [1.82, 2.24) is 30.5 Å². The highest BCUT2D eigenvalue weighted by Crippen LogP contribution is 2.66. The normalized spacial score (nSPS) is 25.7. The van der Waals surface area contributed by atoms with E-state index in [2.05, 4.69) is 27.8 Å². The third-order valence-corrected chi connectivity index (χ3v) is 14.8. The lowest BCUT2D eigenvalue weighted by atomic mass is 9.70. The Kier molecular flexibility index (Phi) is 13.0. The SMILES string of the molecule is C=CCNC(=O)C(=O)C(CCCC)NC(=O)[C@@H]1[C@H]2CCC3(CC3)[C@H]2CN1C(=O)[C@@H](NC(=O)N[C@H](CN(C)S(C)(C)(=O)O)C(C)(C)C)C1(C)CCCCC1. The molecule has 0 aromatic rings. The maximum atomic E-state index is 15.1. The third kappa shape index (κ3) is 10.1. The molecule has 5 N–H and O–H groups in total. The number of unbranched alkanes of at least 4 members (excludes halogenated alkanes) is 1. The van der Waals surface area contributed by atoms with Crippen LogP contribution in [0.4, 0.5) is 4.79 Å². The van der Waals surface area contributed by atoms with Gasteiger partial charge in [0.25, 0.3) is 5.91 Å². The van der Waals surface area contributed by atoms with Crippen LogP contribution in [0.15, 0.2) is 12.7 Å². The third-order valence-electron chi connectivity index (χ3n) is 12.9. The topological polar surface area (TPSA) is 177 Å². The van der Waals surface area contributed by atoms with Crippen LogP contribution in [-0.2, 0) is 28.7 Å². The van der Waals surface area contributed by atoms with E-state index in [1.807, 2.05) is 34.6 Å². The standard InChI is InChI=1S/C39H68N6O7S/c1-10-12-16-28(31(46)34(48)40-23-11-2)41-33(47)30-26-17-20-39(21-22-39)27(26)24-45(30)35(49)32(38(6)18-14-13-15-19-38)43-36(50)42-29(37(3,4)5)25-44(7)53(8,9,51)52/h11,26-30,32H,2,10,12-25H2,1,3-9H3,(H,40,48)(H,41,47)(H,51,52)(H2,42,43,50)/t26-,27-,28?,29+,30-,32+/m0/s1. The average Bonchev–Trinajstić information content (AvgIpc) is 3.64. The van der Waals surface area contributed by atoms with Crippen LogP contribution in [0.3, 0.4) is 0 Å². The highest BCUT2D eigenvalue weighted by Gasteiger charge is 2.64. The van der Waals surface area contributed by atoms with Gasteiger partial charge in [-0.05, 0) is 73.0 Å². The summed E-state index contributed by atoms with van der Waals surface area (Å²) in [7, 11) is -2.53. The number of likely N-dealkylation sites (N-methyl/N-ethyl adjacent to an activating group) is 1.